The van der Waals surface area contributed by atoms with Gasteiger partial charge in [0.1, 0.15) is 11.6 Å². The zero-order chi connectivity index (χ0) is 14.0. The molecule has 94 valence electrons. The third-order valence-electron chi connectivity index (χ3n) is 2.72. The van der Waals surface area contributed by atoms with Gasteiger partial charge >= 0.3 is 5.97 Å². The first kappa shape index (κ1) is 12.6. The van der Waals surface area contributed by atoms with Gasteiger partial charge < -0.3 is 10.1 Å². The summed E-state index contributed by atoms with van der Waals surface area (Å²) in [6.45, 7) is 1.72. The standard InChI is InChI=1S/C14H10N2O3/c1-8-6-11(12(7-15)13(17)16-8)9-2-4-10(5-3-9)14(18)19/h2-6H,1H3,(H,16,17)(H,18,19). The number of aromatic carboxylic acids is 1. The topological polar surface area (TPSA) is 93.9 Å². The lowest BCUT2D eigenvalue weighted by molar-refractivity contribution is 0.0697. The summed E-state index contributed by atoms with van der Waals surface area (Å²) in [4.78, 5) is 25.0. The van der Waals surface area contributed by atoms with Crippen LogP contribution in [0.15, 0.2) is 35.1 Å². The van der Waals surface area contributed by atoms with Crippen LogP contribution in [0.5, 0.6) is 0 Å². The lowest BCUT2D eigenvalue weighted by Crippen LogP contribution is -2.12. The van der Waals surface area contributed by atoms with E-state index in [0.29, 0.717) is 16.8 Å². The highest BCUT2D eigenvalue weighted by Crippen LogP contribution is 2.22. The Morgan fingerprint density at radius 3 is 2.47 bits per heavy atom. The van der Waals surface area contributed by atoms with E-state index in [1.54, 1.807) is 25.1 Å². The number of pyridine rings is 1. The van der Waals surface area contributed by atoms with E-state index in [0.717, 1.165) is 0 Å². The smallest absolute Gasteiger partial charge is 0.335 e. The summed E-state index contributed by atoms with van der Waals surface area (Å²) in [7, 11) is 0. The highest BCUT2D eigenvalue weighted by atomic mass is 16.4. The number of nitriles is 1. The van der Waals surface area contributed by atoms with Crippen molar-refractivity contribution in [3.05, 3.63) is 57.5 Å². The molecule has 1 aromatic heterocycles. The summed E-state index contributed by atoms with van der Waals surface area (Å²) in [5.74, 6) is -1.02. The van der Waals surface area contributed by atoms with Gasteiger partial charge in [-0.2, -0.15) is 5.26 Å². The van der Waals surface area contributed by atoms with Crippen LogP contribution in [-0.4, -0.2) is 16.1 Å². The Balaban J connectivity index is 2.62. The number of carboxylic acids is 1. The summed E-state index contributed by atoms with van der Waals surface area (Å²) in [5, 5.41) is 17.9. The minimum atomic E-state index is -1.02. The molecule has 2 rings (SSSR count). The van der Waals surface area contributed by atoms with Crippen LogP contribution in [-0.2, 0) is 0 Å². The first-order valence-electron chi connectivity index (χ1n) is 5.50. The van der Waals surface area contributed by atoms with Gasteiger partial charge in [0.05, 0.1) is 5.56 Å². The molecule has 2 aromatic rings. The zero-order valence-corrected chi connectivity index (χ0v) is 10.1. The first-order chi connectivity index (χ1) is 9.02. The normalized spacial score (nSPS) is 9.89. The second-order valence-electron chi connectivity index (χ2n) is 4.06. The van der Waals surface area contributed by atoms with Crippen molar-refractivity contribution >= 4 is 5.97 Å². The van der Waals surface area contributed by atoms with Crippen molar-refractivity contribution in [2.75, 3.05) is 0 Å². The molecule has 0 saturated heterocycles. The number of hydrogen-bond acceptors (Lipinski definition) is 3. The van der Waals surface area contributed by atoms with Crippen LogP contribution in [0.4, 0.5) is 0 Å². The highest BCUT2D eigenvalue weighted by Gasteiger charge is 2.11. The van der Waals surface area contributed by atoms with E-state index in [-0.39, 0.29) is 11.1 Å². The van der Waals surface area contributed by atoms with Crippen LogP contribution in [0.3, 0.4) is 0 Å². The molecule has 5 heteroatoms. The van der Waals surface area contributed by atoms with Crippen LogP contribution in [0, 0.1) is 18.3 Å². The van der Waals surface area contributed by atoms with Gasteiger partial charge in [0.15, 0.2) is 0 Å². The number of hydrogen-bond donors (Lipinski definition) is 2. The first-order valence-corrected chi connectivity index (χ1v) is 5.50. The van der Waals surface area contributed by atoms with Crippen molar-refractivity contribution in [2.45, 2.75) is 6.92 Å². The van der Waals surface area contributed by atoms with Crippen molar-refractivity contribution in [2.24, 2.45) is 0 Å². The molecule has 0 radical (unpaired) electrons. The summed E-state index contributed by atoms with van der Waals surface area (Å²) in [6.07, 6.45) is 0. The monoisotopic (exact) mass is 254 g/mol. The number of H-pyrrole nitrogens is 1. The van der Waals surface area contributed by atoms with Crippen molar-refractivity contribution in [3.8, 4) is 17.2 Å². The van der Waals surface area contributed by atoms with Crippen molar-refractivity contribution in [1.29, 1.82) is 5.26 Å². The number of rotatable bonds is 2. The van der Waals surface area contributed by atoms with Gasteiger partial charge in [-0.3, -0.25) is 4.79 Å². The number of aromatic nitrogens is 1. The van der Waals surface area contributed by atoms with Crippen molar-refractivity contribution < 1.29 is 9.90 Å². The Bertz CT molecular complexity index is 737. The molecule has 0 atom stereocenters. The molecule has 0 aliphatic heterocycles. The predicted molar refractivity (Wildman–Crippen MR) is 68.9 cm³/mol. The molecule has 1 aromatic carbocycles. The van der Waals surface area contributed by atoms with Gasteiger partial charge in [-0.1, -0.05) is 12.1 Å². The van der Waals surface area contributed by atoms with Gasteiger partial charge in [-0.15, -0.1) is 0 Å². The number of carboxylic acid groups (broad SMARTS) is 1. The van der Waals surface area contributed by atoms with E-state index in [1.165, 1.54) is 12.1 Å². The molecule has 19 heavy (non-hydrogen) atoms. The van der Waals surface area contributed by atoms with E-state index in [4.69, 9.17) is 10.4 Å². The van der Waals surface area contributed by atoms with Crippen LogP contribution in [0.25, 0.3) is 11.1 Å². The molecule has 2 N–H and O–H groups in total. The molecule has 0 unspecified atom stereocenters. The van der Waals surface area contributed by atoms with Gasteiger partial charge in [0.25, 0.3) is 5.56 Å². The maximum Gasteiger partial charge on any atom is 0.335 e. The van der Waals surface area contributed by atoms with E-state index in [2.05, 4.69) is 4.98 Å². The number of aromatic amines is 1. The third kappa shape index (κ3) is 2.38. The number of nitrogens with one attached hydrogen (secondary N) is 1. The summed E-state index contributed by atoms with van der Waals surface area (Å²) < 4.78 is 0. The molecular weight excluding hydrogens is 244 g/mol. The van der Waals surface area contributed by atoms with E-state index < -0.39 is 11.5 Å². The van der Waals surface area contributed by atoms with Crippen LogP contribution in [0.2, 0.25) is 0 Å². The summed E-state index contributed by atoms with van der Waals surface area (Å²) in [6, 6.07) is 9.60. The van der Waals surface area contributed by atoms with E-state index in [9.17, 15) is 9.59 Å². The molecule has 0 amide bonds. The molecular formula is C14H10N2O3. The maximum absolute atomic E-state index is 11.7. The van der Waals surface area contributed by atoms with Gasteiger partial charge in [0, 0.05) is 11.3 Å². The number of aryl methyl sites for hydroxylation is 1. The fourth-order valence-corrected chi connectivity index (χ4v) is 1.82. The zero-order valence-electron chi connectivity index (χ0n) is 10.1. The van der Waals surface area contributed by atoms with Crippen LogP contribution in [0.1, 0.15) is 21.6 Å². The quantitative estimate of drug-likeness (QED) is 0.856. The molecule has 0 aliphatic carbocycles. The average molecular weight is 254 g/mol. The van der Waals surface area contributed by atoms with Crippen LogP contribution >= 0.6 is 0 Å². The summed E-state index contributed by atoms with van der Waals surface area (Å²) in [5.41, 5.74) is 1.51. The Morgan fingerprint density at radius 2 is 1.95 bits per heavy atom. The molecule has 0 aliphatic rings. The predicted octanol–water partition coefficient (Wildman–Crippen LogP) is 1.92. The Morgan fingerprint density at radius 1 is 1.32 bits per heavy atom. The molecule has 0 bridgehead atoms. The van der Waals surface area contributed by atoms with Gasteiger partial charge in [-0.05, 0) is 30.7 Å². The lowest BCUT2D eigenvalue weighted by Gasteiger charge is -2.05. The lowest BCUT2D eigenvalue weighted by atomic mass is 10.00. The molecule has 0 spiro atoms. The Hall–Kier alpha value is -2.87. The fourth-order valence-electron chi connectivity index (χ4n) is 1.82. The van der Waals surface area contributed by atoms with E-state index >= 15 is 0 Å². The third-order valence-corrected chi connectivity index (χ3v) is 2.72. The largest absolute Gasteiger partial charge is 0.478 e. The summed E-state index contributed by atoms with van der Waals surface area (Å²) >= 11 is 0. The van der Waals surface area contributed by atoms with E-state index in [1.807, 2.05) is 6.07 Å². The number of nitrogens with zero attached hydrogens (tertiary/aromatic N) is 1. The van der Waals surface area contributed by atoms with Crippen molar-refractivity contribution in [1.82, 2.24) is 4.98 Å². The SMILES string of the molecule is Cc1cc(-c2ccc(C(=O)O)cc2)c(C#N)c(=O)[nH]1. The molecule has 1 heterocycles. The second kappa shape index (κ2) is 4.78. The Labute approximate surface area is 108 Å². The molecule has 5 nitrogen and oxygen atoms in total. The van der Waals surface area contributed by atoms with Crippen LogP contribution < -0.4 is 5.56 Å². The number of benzene rings is 1. The average Bonchev–Trinajstić information content (AvgIpc) is 2.38. The minimum Gasteiger partial charge on any atom is -0.478 e. The highest BCUT2D eigenvalue weighted by molar-refractivity contribution is 5.88. The maximum atomic E-state index is 11.7. The van der Waals surface area contributed by atoms with Crippen molar-refractivity contribution in [3.63, 3.8) is 0 Å². The molecule has 0 fully saturated rings. The second-order valence-corrected chi connectivity index (χ2v) is 4.06. The fraction of sp³-hybridized carbons (Fsp3) is 0.0714. The number of carbonyl (C=O) groups is 1. The Kier molecular flexibility index (Phi) is 3.17. The molecule has 0 saturated carbocycles. The van der Waals surface area contributed by atoms with Gasteiger partial charge in [0.2, 0.25) is 0 Å². The minimum absolute atomic E-state index is 0.0219. The van der Waals surface area contributed by atoms with Gasteiger partial charge in [-0.25, -0.2) is 4.79 Å².